The zero-order valence-electron chi connectivity index (χ0n) is 10.8. The molecule has 2 rings (SSSR count). The van der Waals surface area contributed by atoms with Crippen molar-refractivity contribution < 1.29 is 9.13 Å². The molecule has 18 heavy (non-hydrogen) atoms. The zero-order chi connectivity index (χ0) is 13.1. The van der Waals surface area contributed by atoms with Crippen LogP contribution in [0.5, 0.6) is 5.75 Å². The second-order valence-electron chi connectivity index (χ2n) is 4.11. The van der Waals surface area contributed by atoms with Crippen LogP contribution >= 0.6 is 0 Å². The van der Waals surface area contributed by atoms with Crippen molar-refractivity contribution in [1.82, 2.24) is 0 Å². The Balaban J connectivity index is 2.61. The fraction of sp³-hybridized carbons (Fsp3) is 0.250. The Morgan fingerprint density at radius 1 is 1.39 bits per heavy atom. The first-order chi connectivity index (χ1) is 8.67. The number of fused-ring (bicyclic) bond motifs is 1. The van der Waals surface area contributed by atoms with Crippen molar-refractivity contribution >= 4 is 5.57 Å². The third-order valence-electron chi connectivity index (χ3n) is 3.03. The van der Waals surface area contributed by atoms with Crippen molar-refractivity contribution in [3.05, 3.63) is 46.8 Å². The monoisotopic (exact) mass is 242 g/mol. The highest BCUT2D eigenvalue weighted by Gasteiger charge is 2.18. The lowest BCUT2D eigenvalue weighted by atomic mass is 9.95. The van der Waals surface area contributed by atoms with Crippen molar-refractivity contribution in [2.75, 3.05) is 6.61 Å². The van der Waals surface area contributed by atoms with Gasteiger partial charge in [-0.1, -0.05) is 12.0 Å². The van der Waals surface area contributed by atoms with Crippen LogP contribution in [-0.4, -0.2) is 6.61 Å². The lowest BCUT2D eigenvalue weighted by Crippen LogP contribution is -1.99. The van der Waals surface area contributed by atoms with Crippen LogP contribution in [0.4, 0.5) is 4.39 Å². The van der Waals surface area contributed by atoms with Gasteiger partial charge in [0.2, 0.25) is 0 Å². The molecule has 0 saturated heterocycles. The number of allylic oxidation sites excluding steroid dienone is 3. The van der Waals surface area contributed by atoms with Crippen molar-refractivity contribution in [2.45, 2.75) is 20.8 Å². The normalized spacial score (nSPS) is 16.6. The average Bonchev–Trinajstić information content (AvgIpc) is 2.48. The maximum Gasteiger partial charge on any atom is 0.130 e. The summed E-state index contributed by atoms with van der Waals surface area (Å²) in [6.45, 7) is 6.18. The van der Waals surface area contributed by atoms with Crippen molar-refractivity contribution in [3.63, 3.8) is 0 Å². The largest absolute Gasteiger partial charge is 0.487 e. The number of rotatable bonds is 0. The third-order valence-corrected chi connectivity index (χ3v) is 3.03. The molecule has 0 fully saturated rings. The third kappa shape index (κ3) is 2.17. The highest BCUT2D eigenvalue weighted by molar-refractivity contribution is 5.84. The molecule has 0 aromatic heterocycles. The van der Waals surface area contributed by atoms with Gasteiger partial charge in [0.25, 0.3) is 0 Å². The Hall–Kier alpha value is -2.01. The number of benzene rings is 1. The molecule has 0 bridgehead atoms. The second-order valence-corrected chi connectivity index (χ2v) is 4.11. The standard InChI is InChI=1S/C16H15FO/c1-4-6-12-10-18-16-9-13(17)7-8-15(16)14(5-2)11(12)3/h5,7-9H,10H2,1-3H3. The van der Waals surface area contributed by atoms with Gasteiger partial charge in [0, 0.05) is 17.2 Å². The fourth-order valence-corrected chi connectivity index (χ4v) is 2.11. The van der Waals surface area contributed by atoms with Crippen LogP contribution in [0.15, 0.2) is 35.4 Å². The van der Waals surface area contributed by atoms with Crippen LogP contribution in [-0.2, 0) is 0 Å². The Labute approximate surface area is 107 Å². The molecule has 2 heteroatoms. The lowest BCUT2D eigenvalue weighted by Gasteiger charge is -2.09. The van der Waals surface area contributed by atoms with Crippen molar-refractivity contribution in [3.8, 4) is 17.6 Å². The number of hydrogen-bond acceptors (Lipinski definition) is 1. The molecule has 0 aliphatic carbocycles. The van der Waals surface area contributed by atoms with Gasteiger partial charge in [-0.2, -0.15) is 0 Å². The molecular formula is C16H15FO. The van der Waals surface area contributed by atoms with E-state index in [1.165, 1.54) is 12.1 Å². The van der Waals surface area contributed by atoms with Crippen molar-refractivity contribution in [1.29, 1.82) is 0 Å². The SMILES string of the molecule is CC#CC1=C(C)C(=CC)c2ccc(F)cc2OC1. The van der Waals surface area contributed by atoms with E-state index in [0.717, 1.165) is 22.3 Å². The van der Waals surface area contributed by atoms with E-state index in [1.807, 2.05) is 19.9 Å². The first-order valence-electron chi connectivity index (χ1n) is 5.89. The molecule has 0 saturated carbocycles. The summed E-state index contributed by atoms with van der Waals surface area (Å²) in [6.07, 6.45) is 2.01. The number of hydrogen-bond donors (Lipinski definition) is 0. The minimum atomic E-state index is -0.285. The van der Waals surface area contributed by atoms with Gasteiger partial charge in [-0.25, -0.2) is 4.39 Å². The molecule has 0 amide bonds. The number of ether oxygens (including phenoxy) is 1. The Kier molecular flexibility index (Phi) is 3.53. The maximum atomic E-state index is 13.3. The van der Waals surface area contributed by atoms with Gasteiger partial charge in [0.1, 0.15) is 18.2 Å². The van der Waals surface area contributed by atoms with Crippen LogP contribution in [0.3, 0.4) is 0 Å². The van der Waals surface area contributed by atoms with Crippen LogP contribution < -0.4 is 4.74 Å². The Morgan fingerprint density at radius 2 is 2.17 bits per heavy atom. The van der Waals surface area contributed by atoms with E-state index in [-0.39, 0.29) is 5.82 Å². The van der Waals surface area contributed by atoms with Gasteiger partial charge in [-0.05, 0) is 44.1 Å². The molecule has 0 radical (unpaired) electrons. The van der Waals surface area contributed by atoms with E-state index in [2.05, 4.69) is 11.8 Å². The molecule has 92 valence electrons. The van der Waals surface area contributed by atoms with Crippen molar-refractivity contribution in [2.24, 2.45) is 0 Å². The lowest BCUT2D eigenvalue weighted by molar-refractivity contribution is 0.355. The molecule has 0 unspecified atom stereocenters. The van der Waals surface area contributed by atoms with E-state index < -0.39 is 0 Å². The highest BCUT2D eigenvalue weighted by Crippen LogP contribution is 2.35. The molecule has 1 heterocycles. The molecule has 1 aliphatic rings. The van der Waals surface area contributed by atoms with E-state index in [9.17, 15) is 4.39 Å². The van der Waals surface area contributed by atoms with Gasteiger partial charge in [-0.3, -0.25) is 0 Å². The van der Waals surface area contributed by atoms with E-state index >= 15 is 0 Å². The van der Waals surface area contributed by atoms with Gasteiger partial charge < -0.3 is 4.74 Å². The molecule has 1 aromatic carbocycles. The molecular weight excluding hydrogens is 227 g/mol. The average molecular weight is 242 g/mol. The zero-order valence-corrected chi connectivity index (χ0v) is 10.8. The minimum Gasteiger partial charge on any atom is -0.487 e. The predicted molar refractivity (Wildman–Crippen MR) is 71.7 cm³/mol. The van der Waals surface area contributed by atoms with E-state index in [0.29, 0.717) is 12.4 Å². The molecule has 0 spiro atoms. The highest BCUT2D eigenvalue weighted by atomic mass is 19.1. The van der Waals surface area contributed by atoms with Crippen LogP contribution in [0.1, 0.15) is 26.3 Å². The topological polar surface area (TPSA) is 9.23 Å². The van der Waals surface area contributed by atoms with Crippen LogP contribution in [0.25, 0.3) is 5.57 Å². The summed E-state index contributed by atoms with van der Waals surface area (Å²) < 4.78 is 18.9. The summed E-state index contributed by atoms with van der Waals surface area (Å²) >= 11 is 0. The quantitative estimate of drug-likeness (QED) is 0.626. The minimum absolute atomic E-state index is 0.285. The molecule has 1 aromatic rings. The van der Waals surface area contributed by atoms with Gasteiger partial charge in [0.15, 0.2) is 0 Å². The predicted octanol–water partition coefficient (Wildman–Crippen LogP) is 3.96. The number of halogens is 1. The Bertz CT molecular complexity index is 597. The summed E-state index contributed by atoms with van der Waals surface area (Å²) in [5, 5.41) is 0. The molecule has 0 N–H and O–H groups in total. The summed E-state index contributed by atoms with van der Waals surface area (Å²) in [5.41, 5.74) is 4.02. The molecule has 1 nitrogen and oxygen atoms in total. The van der Waals surface area contributed by atoms with Crippen LogP contribution in [0.2, 0.25) is 0 Å². The maximum absolute atomic E-state index is 13.3. The van der Waals surface area contributed by atoms with Crippen LogP contribution in [0, 0.1) is 17.7 Å². The first kappa shape index (κ1) is 12.4. The molecule has 0 atom stereocenters. The summed E-state index contributed by atoms with van der Waals surface area (Å²) in [7, 11) is 0. The first-order valence-corrected chi connectivity index (χ1v) is 5.89. The smallest absolute Gasteiger partial charge is 0.130 e. The second kappa shape index (κ2) is 5.10. The van der Waals surface area contributed by atoms with Gasteiger partial charge in [-0.15, -0.1) is 5.92 Å². The summed E-state index contributed by atoms with van der Waals surface area (Å²) in [5.74, 6) is 6.24. The van der Waals surface area contributed by atoms with E-state index in [4.69, 9.17) is 4.74 Å². The summed E-state index contributed by atoms with van der Waals surface area (Å²) in [6, 6.07) is 4.63. The van der Waals surface area contributed by atoms with E-state index in [1.54, 1.807) is 13.0 Å². The fourth-order valence-electron chi connectivity index (χ4n) is 2.11. The van der Waals surface area contributed by atoms with Gasteiger partial charge >= 0.3 is 0 Å². The van der Waals surface area contributed by atoms with Gasteiger partial charge in [0.05, 0.1) is 0 Å². The summed E-state index contributed by atoms with van der Waals surface area (Å²) in [4.78, 5) is 0. The molecule has 1 aliphatic heterocycles. The Morgan fingerprint density at radius 3 is 2.83 bits per heavy atom.